The molecule has 0 aromatic heterocycles. The number of thioether (sulfide) groups is 1. The highest BCUT2D eigenvalue weighted by atomic mass is 35.5. The summed E-state index contributed by atoms with van der Waals surface area (Å²) in [5.41, 5.74) is -8.27. The Bertz CT molecular complexity index is 2480. The second-order valence-corrected chi connectivity index (χ2v) is 22.0. The molecule has 1 amide bonds. The van der Waals surface area contributed by atoms with Crippen LogP contribution in [0.3, 0.4) is 0 Å². The predicted molar refractivity (Wildman–Crippen MR) is 253 cm³/mol. The van der Waals surface area contributed by atoms with Crippen LogP contribution in [0.15, 0.2) is 107 Å². The highest BCUT2D eigenvalue weighted by Gasteiger charge is 2.79. The minimum atomic E-state index is -2.42. The molecule has 3 aliphatic carbocycles. The Labute approximate surface area is 414 Å². The Morgan fingerprint density at radius 2 is 1.46 bits per heavy atom. The molecular weight excluding hydrogens is 954 g/mol. The standard InChI is InChI=1S/C51H57Cl2NO14S/c1-27-32(64-44(59)38(69-31-22-16-11-17-23-31)36(29-18-12-9-13-19-29)54-46(61)68-47(3,4)5)25-51(62)41(66-43(58)30-20-14-10-15-21-30)39-49(8,40(57)37(56)35(27)48(51,6)7)33(65-45(60)42(52)53)24-34-50(39,26-63-34)67-28(2)55/h9-23,32-34,36-39,41-42,56,62H,24-26H2,1-8H3,(H,54,61)/t32-,33-,34+,36-,37+,38+,39?,41-,49+,50-,51+/m0/s1. The fraction of sp³-hybridized carbons (Fsp3) is 0.490. The highest BCUT2D eigenvalue weighted by molar-refractivity contribution is 8.00. The Morgan fingerprint density at radius 1 is 0.870 bits per heavy atom. The summed E-state index contributed by atoms with van der Waals surface area (Å²) in [6.45, 7) is 12.0. The van der Waals surface area contributed by atoms with Gasteiger partial charge in [0.25, 0.3) is 0 Å². The topological polar surface area (TPSA) is 210 Å². The van der Waals surface area contributed by atoms with Gasteiger partial charge in [-0.25, -0.2) is 14.4 Å². The lowest BCUT2D eigenvalue weighted by atomic mass is 9.44. The number of carbonyl (C=O) groups excluding carboxylic acids is 6. The van der Waals surface area contributed by atoms with Crippen LogP contribution in [0.2, 0.25) is 0 Å². The zero-order valence-electron chi connectivity index (χ0n) is 39.4. The van der Waals surface area contributed by atoms with Gasteiger partial charge in [-0.1, -0.05) is 104 Å². The third-order valence-electron chi connectivity index (χ3n) is 14.0. The summed E-state index contributed by atoms with van der Waals surface area (Å²) < 4.78 is 36.7. The van der Waals surface area contributed by atoms with Crippen molar-refractivity contribution in [3.8, 4) is 0 Å². The second-order valence-electron chi connectivity index (χ2n) is 19.7. The molecule has 18 heteroatoms. The number of fused-ring (bicyclic) bond motifs is 5. The molecule has 7 rings (SSSR count). The SMILES string of the molecule is CC(=O)O[C@@]12CO[C@@H]1C[C@H](OC(=O)C(Cl)Cl)[C@@]1(C)C(=O)[C@H](O)C3=C(C)[C@@H](OC(=O)[C@H](Sc4ccccc4)[C@@H](NC(=O)OC(C)(C)C)c4ccccc4)C[C@@](O)([C@@H](OC(=O)c4ccccc4)C12)C3(C)C. The van der Waals surface area contributed by atoms with Crippen LogP contribution in [0.5, 0.6) is 0 Å². The number of benzene rings is 3. The van der Waals surface area contributed by atoms with Gasteiger partial charge in [-0.2, -0.15) is 0 Å². The molecule has 69 heavy (non-hydrogen) atoms. The maximum atomic E-state index is 15.6. The fourth-order valence-electron chi connectivity index (χ4n) is 10.6. The number of aliphatic hydroxyl groups excluding tert-OH is 1. The van der Waals surface area contributed by atoms with Crippen LogP contribution >= 0.6 is 35.0 Å². The van der Waals surface area contributed by atoms with Crippen molar-refractivity contribution in [3.63, 3.8) is 0 Å². The van der Waals surface area contributed by atoms with E-state index in [9.17, 15) is 29.4 Å². The summed E-state index contributed by atoms with van der Waals surface area (Å²) in [6, 6.07) is 24.5. The second kappa shape index (κ2) is 19.7. The number of halogens is 2. The number of rotatable bonds is 12. The Kier molecular flexibility index (Phi) is 14.8. The van der Waals surface area contributed by atoms with E-state index < -0.39 is 122 Å². The van der Waals surface area contributed by atoms with Gasteiger partial charge in [-0.05, 0) is 75.6 Å². The van der Waals surface area contributed by atoms with E-state index in [1.54, 1.807) is 114 Å². The smallest absolute Gasteiger partial charge is 0.408 e. The number of Topliss-reactive ketones (excluding diaryl/α,β-unsaturated/α-hetero) is 1. The van der Waals surface area contributed by atoms with E-state index in [1.807, 2.05) is 6.07 Å². The number of nitrogens with one attached hydrogen (secondary N) is 1. The summed E-state index contributed by atoms with van der Waals surface area (Å²) in [7, 11) is 0. The van der Waals surface area contributed by atoms with Crippen molar-refractivity contribution in [3.05, 3.63) is 113 Å². The van der Waals surface area contributed by atoms with Crippen molar-refractivity contribution >= 4 is 70.7 Å². The van der Waals surface area contributed by atoms with E-state index in [1.165, 1.54) is 19.1 Å². The number of aliphatic hydroxyl groups is 2. The van der Waals surface area contributed by atoms with Gasteiger partial charge in [-0.15, -0.1) is 11.8 Å². The fourth-order valence-corrected chi connectivity index (χ4v) is 11.9. The highest BCUT2D eigenvalue weighted by Crippen LogP contribution is 2.64. The Hall–Kier alpha value is -4.97. The average Bonchev–Trinajstić information content (AvgIpc) is 3.28. The van der Waals surface area contributed by atoms with Crippen LogP contribution in [-0.2, 0) is 47.6 Å². The number of amides is 1. The van der Waals surface area contributed by atoms with Crippen molar-refractivity contribution in [2.45, 2.75) is 137 Å². The van der Waals surface area contributed by atoms with Crippen LogP contribution < -0.4 is 5.32 Å². The lowest BCUT2D eigenvalue weighted by molar-refractivity contribution is -0.346. The Balaban J connectivity index is 1.42. The van der Waals surface area contributed by atoms with Crippen LogP contribution in [-0.4, -0.2) is 110 Å². The normalized spacial score (nSPS) is 30.1. The zero-order chi connectivity index (χ0) is 50.4. The van der Waals surface area contributed by atoms with Gasteiger partial charge in [0.15, 0.2) is 11.4 Å². The molecule has 2 bridgehead atoms. The summed E-state index contributed by atoms with van der Waals surface area (Å²) in [5.74, 6) is -6.34. The van der Waals surface area contributed by atoms with Crippen molar-refractivity contribution in [1.29, 1.82) is 0 Å². The number of carbonyl (C=O) groups is 6. The third-order valence-corrected chi connectivity index (χ3v) is 15.6. The molecule has 0 spiro atoms. The third kappa shape index (κ3) is 9.77. The van der Waals surface area contributed by atoms with Crippen molar-refractivity contribution in [2.75, 3.05) is 6.61 Å². The number of esters is 4. The van der Waals surface area contributed by atoms with E-state index in [0.29, 0.717) is 10.5 Å². The molecule has 11 atom stereocenters. The molecular formula is C51H57Cl2NO14S. The first-order valence-electron chi connectivity index (χ1n) is 22.5. The number of hydrogen-bond donors (Lipinski definition) is 3. The van der Waals surface area contributed by atoms with Gasteiger partial charge < -0.3 is 44.0 Å². The van der Waals surface area contributed by atoms with Gasteiger partial charge >= 0.3 is 30.0 Å². The molecule has 3 fully saturated rings. The maximum Gasteiger partial charge on any atom is 0.408 e. The van der Waals surface area contributed by atoms with Crippen molar-refractivity contribution in [2.24, 2.45) is 16.7 Å². The van der Waals surface area contributed by atoms with Crippen LogP contribution in [0.25, 0.3) is 0 Å². The number of ketones is 1. The first-order valence-corrected chi connectivity index (χ1v) is 24.3. The summed E-state index contributed by atoms with van der Waals surface area (Å²) in [6.07, 6.45) is -9.60. The quantitative estimate of drug-likeness (QED) is 0.0530. The van der Waals surface area contributed by atoms with E-state index in [0.717, 1.165) is 18.7 Å². The summed E-state index contributed by atoms with van der Waals surface area (Å²) in [4.78, 5) is 84.3. The monoisotopic (exact) mass is 1010 g/mol. The molecule has 3 aromatic rings. The molecule has 370 valence electrons. The lowest BCUT2D eigenvalue weighted by Crippen LogP contribution is -2.82. The van der Waals surface area contributed by atoms with E-state index in [-0.39, 0.29) is 29.7 Å². The molecule has 3 N–H and O–H groups in total. The largest absolute Gasteiger partial charge is 0.459 e. The lowest BCUT2D eigenvalue weighted by Gasteiger charge is -2.67. The van der Waals surface area contributed by atoms with Gasteiger partial charge in [0.05, 0.1) is 29.5 Å². The molecule has 1 saturated heterocycles. The van der Waals surface area contributed by atoms with E-state index in [2.05, 4.69) is 5.32 Å². The van der Waals surface area contributed by atoms with Gasteiger partial charge in [0, 0.05) is 30.1 Å². The van der Waals surface area contributed by atoms with E-state index >= 15 is 9.59 Å². The number of hydrogen-bond acceptors (Lipinski definition) is 15. The van der Waals surface area contributed by atoms with Crippen molar-refractivity contribution in [1.82, 2.24) is 5.32 Å². The molecule has 0 radical (unpaired) electrons. The first-order chi connectivity index (χ1) is 32.4. The molecule has 3 aromatic carbocycles. The van der Waals surface area contributed by atoms with Crippen LogP contribution in [0, 0.1) is 16.7 Å². The number of alkyl halides is 2. The minimum absolute atomic E-state index is 0.0545. The Morgan fingerprint density at radius 3 is 2.01 bits per heavy atom. The summed E-state index contributed by atoms with van der Waals surface area (Å²) in [5, 5.41) is 28.3. The van der Waals surface area contributed by atoms with Gasteiger partial charge in [-0.3, -0.25) is 14.4 Å². The van der Waals surface area contributed by atoms with Gasteiger partial charge in [0.1, 0.15) is 47.0 Å². The van der Waals surface area contributed by atoms with Crippen LogP contribution in [0.4, 0.5) is 4.79 Å². The minimum Gasteiger partial charge on any atom is -0.459 e. The average molecular weight is 1010 g/mol. The molecule has 1 heterocycles. The number of ether oxygens (including phenoxy) is 6. The van der Waals surface area contributed by atoms with E-state index in [4.69, 9.17) is 51.6 Å². The van der Waals surface area contributed by atoms with Gasteiger partial charge in [0.2, 0.25) is 4.84 Å². The molecule has 1 aliphatic heterocycles. The molecule has 2 saturated carbocycles. The molecule has 1 unspecified atom stereocenters. The zero-order valence-corrected chi connectivity index (χ0v) is 41.8. The molecule has 15 nitrogen and oxygen atoms in total. The predicted octanol–water partition coefficient (Wildman–Crippen LogP) is 7.41. The van der Waals surface area contributed by atoms with Crippen LogP contribution in [0.1, 0.15) is 90.2 Å². The summed E-state index contributed by atoms with van der Waals surface area (Å²) >= 11 is 13.1. The first kappa shape index (κ1) is 51.9. The maximum absolute atomic E-state index is 15.6. The van der Waals surface area contributed by atoms with Crippen molar-refractivity contribution < 1.29 is 67.4 Å². The number of alkyl carbamates (subject to hydrolysis) is 1. The molecule has 4 aliphatic rings.